The SMILES string of the molecule is CCC(CC)C(O)CNCCCCOC. The molecule has 0 rings (SSSR count). The van der Waals surface area contributed by atoms with Crippen LogP contribution in [0.1, 0.15) is 39.5 Å². The molecule has 0 radical (unpaired) electrons. The predicted molar refractivity (Wildman–Crippen MR) is 64.1 cm³/mol. The van der Waals surface area contributed by atoms with Gasteiger partial charge in [-0.05, 0) is 25.3 Å². The first-order valence-electron chi connectivity index (χ1n) is 6.13. The van der Waals surface area contributed by atoms with Crippen molar-refractivity contribution < 1.29 is 9.84 Å². The molecule has 0 saturated heterocycles. The second-order valence-corrected chi connectivity index (χ2v) is 4.05. The minimum atomic E-state index is -0.192. The standard InChI is InChI=1S/C12H27NO2/c1-4-11(5-2)12(14)10-13-8-6-7-9-15-3/h11-14H,4-10H2,1-3H3. The van der Waals surface area contributed by atoms with Crippen LogP contribution in [0.3, 0.4) is 0 Å². The van der Waals surface area contributed by atoms with Gasteiger partial charge in [-0.25, -0.2) is 0 Å². The number of rotatable bonds is 10. The summed E-state index contributed by atoms with van der Waals surface area (Å²) in [6.45, 7) is 6.79. The summed E-state index contributed by atoms with van der Waals surface area (Å²) < 4.78 is 4.97. The van der Waals surface area contributed by atoms with Crippen molar-refractivity contribution in [2.45, 2.75) is 45.6 Å². The maximum absolute atomic E-state index is 9.82. The van der Waals surface area contributed by atoms with Crippen molar-refractivity contribution in [3.05, 3.63) is 0 Å². The second-order valence-electron chi connectivity index (χ2n) is 4.05. The molecule has 0 aromatic heterocycles. The maximum atomic E-state index is 9.82. The van der Waals surface area contributed by atoms with Crippen LogP contribution < -0.4 is 5.32 Å². The number of aliphatic hydroxyl groups is 1. The van der Waals surface area contributed by atoms with Gasteiger partial charge >= 0.3 is 0 Å². The lowest BCUT2D eigenvalue weighted by atomic mass is 9.96. The molecule has 3 heteroatoms. The smallest absolute Gasteiger partial charge is 0.0692 e. The first-order chi connectivity index (χ1) is 7.26. The molecule has 3 nitrogen and oxygen atoms in total. The highest BCUT2D eigenvalue weighted by Gasteiger charge is 2.14. The van der Waals surface area contributed by atoms with E-state index in [0.717, 1.165) is 45.4 Å². The minimum Gasteiger partial charge on any atom is -0.392 e. The molecule has 0 aliphatic carbocycles. The van der Waals surface area contributed by atoms with Crippen molar-refractivity contribution >= 4 is 0 Å². The number of unbranched alkanes of at least 4 members (excludes halogenated alkanes) is 1. The van der Waals surface area contributed by atoms with Crippen molar-refractivity contribution in [3.8, 4) is 0 Å². The molecule has 0 saturated carbocycles. The van der Waals surface area contributed by atoms with Crippen LogP contribution in [0, 0.1) is 5.92 Å². The van der Waals surface area contributed by atoms with Crippen LogP contribution in [-0.2, 0) is 4.74 Å². The molecule has 0 spiro atoms. The van der Waals surface area contributed by atoms with Gasteiger partial charge in [-0.15, -0.1) is 0 Å². The summed E-state index contributed by atoms with van der Waals surface area (Å²) in [6.07, 6.45) is 4.13. The first-order valence-corrected chi connectivity index (χ1v) is 6.13. The quantitative estimate of drug-likeness (QED) is 0.548. The number of aliphatic hydroxyl groups excluding tert-OH is 1. The molecule has 1 unspecified atom stereocenters. The number of nitrogens with one attached hydrogen (secondary N) is 1. The van der Waals surface area contributed by atoms with Crippen molar-refractivity contribution in [2.24, 2.45) is 5.92 Å². The van der Waals surface area contributed by atoms with Crippen molar-refractivity contribution in [1.29, 1.82) is 0 Å². The van der Waals surface area contributed by atoms with Crippen LogP contribution in [0.15, 0.2) is 0 Å². The molecular formula is C12H27NO2. The molecule has 0 fully saturated rings. The summed E-state index contributed by atoms with van der Waals surface area (Å²) in [5.41, 5.74) is 0. The molecule has 0 bridgehead atoms. The van der Waals surface area contributed by atoms with E-state index in [1.165, 1.54) is 0 Å². The lowest BCUT2D eigenvalue weighted by Crippen LogP contribution is -2.33. The Morgan fingerprint density at radius 3 is 2.40 bits per heavy atom. The molecule has 2 N–H and O–H groups in total. The third kappa shape index (κ3) is 7.77. The Morgan fingerprint density at radius 2 is 1.87 bits per heavy atom. The van der Waals surface area contributed by atoms with Crippen LogP contribution in [-0.4, -0.2) is 38.0 Å². The van der Waals surface area contributed by atoms with E-state index in [1.54, 1.807) is 7.11 Å². The number of ether oxygens (including phenoxy) is 1. The van der Waals surface area contributed by atoms with Crippen molar-refractivity contribution in [3.63, 3.8) is 0 Å². The molecule has 92 valence electrons. The highest BCUT2D eigenvalue weighted by molar-refractivity contribution is 4.68. The van der Waals surface area contributed by atoms with E-state index in [1.807, 2.05) is 0 Å². The van der Waals surface area contributed by atoms with Gasteiger partial charge in [-0.2, -0.15) is 0 Å². The van der Waals surface area contributed by atoms with E-state index in [-0.39, 0.29) is 6.10 Å². The number of methoxy groups -OCH3 is 1. The fourth-order valence-electron chi connectivity index (χ4n) is 1.75. The third-order valence-corrected chi connectivity index (χ3v) is 2.90. The van der Waals surface area contributed by atoms with E-state index in [2.05, 4.69) is 19.2 Å². The maximum Gasteiger partial charge on any atom is 0.0692 e. The van der Waals surface area contributed by atoms with Gasteiger partial charge in [0.05, 0.1) is 6.10 Å². The second kappa shape index (κ2) is 10.4. The molecule has 0 heterocycles. The van der Waals surface area contributed by atoms with Gasteiger partial charge in [0.1, 0.15) is 0 Å². The minimum absolute atomic E-state index is 0.192. The summed E-state index contributed by atoms with van der Waals surface area (Å²) in [4.78, 5) is 0. The summed E-state index contributed by atoms with van der Waals surface area (Å²) >= 11 is 0. The molecule has 1 atom stereocenters. The Bertz CT molecular complexity index is 127. The van der Waals surface area contributed by atoms with E-state index in [9.17, 15) is 5.11 Å². The van der Waals surface area contributed by atoms with Crippen LogP contribution in [0.4, 0.5) is 0 Å². The first kappa shape index (κ1) is 14.9. The fraction of sp³-hybridized carbons (Fsp3) is 1.00. The zero-order valence-corrected chi connectivity index (χ0v) is 10.5. The summed E-state index contributed by atoms with van der Waals surface area (Å²) in [6, 6.07) is 0. The Morgan fingerprint density at radius 1 is 1.20 bits per heavy atom. The number of hydrogen-bond acceptors (Lipinski definition) is 3. The van der Waals surface area contributed by atoms with E-state index >= 15 is 0 Å². The van der Waals surface area contributed by atoms with Gasteiger partial charge in [-0.3, -0.25) is 0 Å². The lowest BCUT2D eigenvalue weighted by Gasteiger charge is -2.20. The Hall–Kier alpha value is -0.120. The molecule has 15 heavy (non-hydrogen) atoms. The summed E-state index contributed by atoms with van der Waals surface area (Å²) in [5, 5.41) is 13.1. The molecule has 0 aliphatic rings. The zero-order valence-electron chi connectivity index (χ0n) is 10.5. The molecule has 0 amide bonds. The highest BCUT2D eigenvalue weighted by atomic mass is 16.5. The van der Waals surface area contributed by atoms with Gasteiger partial charge in [0.25, 0.3) is 0 Å². The largest absolute Gasteiger partial charge is 0.392 e. The van der Waals surface area contributed by atoms with Crippen LogP contribution in [0.2, 0.25) is 0 Å². The topological polar surface area (TPSA) is 41.5 Å². The monoisotopic (exact) mass is 217 g/mol. The van der Waals surface area contributed by atoms with E-state index in [4.69, 9.17) is 4.74 Å². The van der Waals surface area contributed by atoms with Crippen LogP contribution >= 0.6 is 0 Å². The molecule has 0 aliphatic heterocycles. The van der Waals surface area contributed by atoms with Gasteiger partial charge < -0.3 is 15.2 Å². The average molecular weight is 217 g/mol. The normalized spacial score (nSPS) is 13.4. The molecule has 0 aromatic rings. The molecular weight excluding hydrogens is 190 g/mol. The fourth-order valence-corrected chi connectivity index (χ4v) is 1.75. The summed E-state index contributed by atoms with van der Waals surface area (Å²) in [7, 11) is 1.73. The number of hydrogen-bond donors (Lipinski definition) is 2. The van der Waals surface area contributed by atoms with Gasteiger partial charge in [0.2, 0.25) is 0 Å². The highest BCUT2D eigenvalue weighted by Crippen LogP contribution is 2.12. The van der Waals surface area contributed by atoms with Crippen LogP contribution in [0.25, 0.3) is 0 Å². The Kier molecular flexibility index (Phi) is 10.3. The third-order valence-electron chi connectivity index (χ3n) is 2.90. The molecule has 0 aromatic carbocycles. The van der Waals surface area contributed by atoms with E-state index < -0.39 is 0 Å². The van der Waals surface area contributed by atoms with Gasteiger partial charge in [0.15, 0.2) is 0 Å². The summed E-state index contributed by atoms with van der Waals surface area (Å²) in [5.74, 6) is 0.441. The predicted octanol–water partition coefficient (Wildman–Crippen LogP) is 1.80. The Balaban J connectivity index is 3.33. The van der Waals surface area contributed by atoms with E-state index in [0.29, 0.717) is 5.92 Å². The van der Waals surface area contributed by atoms with Crippen molar-refractivity contribution in [2.75, 3.05) is 26.8 Å². The zero-order chi connectivity index (χ0) is 11.5. The van der Waals surface area contributed by atoms with Crippen LogP contribution in [0.5, 0.6) is 0 Å². The Labute approximate surface area is 94.2 Å². The average Bonchev–Trinajstić information content (AvgIpc) is 2.25. The van der Waals surface area contributed by atoms with Gasteiger partial charge in [-0.1, -0.05) is 26.7 Å². The van der Waals surface area contributed by atoms with Crippen molar-refractivity contribution in [1.82, 2.24) is 5.32 Å². The van der Waals surface area contributed by atoms with Gasteiger partial charge in [0, 0.05) is 20.3 Å². The lowest BCUT2D eigenvalue weighted by molar-refractivity contribution is 0.101.